The molecule has 6 rings (SSSR count). The molecule has 1 aliphatic heterocycles. The maximum atomic E-state index is 13.7. The van der Waals surface area contributed by atoms with Crippen LogP contribution >= 0.6 is 47.0 Å². The number of carbonyl (C=O) groups is 7. The van der Waals surface area contributed by atoms with E-state index in [1.54, 1.807) is 10.8 Å². The van der Waals surface area contributed by atoms with E-state index < -0.39 is 92.7 Å². The zero-order chi connectivity index (χ0) is 51.9. The van der Waals surface area contributed by atoms with E-state index in [-0.39, 0.29) is 50.2 Å². The number of nitrogens with two attached hydrogens (primary N) is 1. The van der Waals surface area contributed by atoms with E-state index >= 15 is 0 Å². The number of ether oxygens (including phenoxy) is 2. The summed E-state index contributed by atoms with van der Waals surface area (Å²) in [6.07, 6.45) is -1.03. The number of benzene rings is 2. The molecule has 1 fully saturated rings. The van der Waals surface area contributed by atoms with Crippen molar-refractivity contribution >= 4 is 106 Å². The first kappa shape index (κ1) is 55.7. The minimum absolute atomic E-state index is 0.0139. The predicted octanol–water partition coefficient (Wildman–Crippen LogP) is 3.59. The number of rotatable bonds is 25. The number of aliphatic hydroxyl groups is 1. The van der Waals surface area contributed by atoms with Crippen LogP contribution < -0.4 is 27.0 Å². The van der Waals surface area contributed by atoms with Gasteiger partial charge in [-0.05, 0) is 35.1 Å². The molecule has 72 heavy (non-hydrogen) atoms. The van der Waals surface area contributed by atoms with Crippen molar-refractivity contribution in [1.29, 1.82) is 0 Å². The molecule has 10 N–H and O–H groups in total. The van der Waals surface area contributed by atoms with E-state index in [1.807, 2.05) is 53.8 Å². The molecule has 4 amide bonds. The van der Waals surface area contributed by atoms with Crippen LogP contribution in [0.3, 0.4) is 0 Å². The van der Waals surface area contributed by atoms with Crippen LogP contribution in [-0.2, 0) is 42.8 Å². The molecule has 22 nitrogen and oxygen atoms in total. The summed E-state index contributed by atoms with van der Waals surface area (Å²) in [7, 11) is 7.10. The molecule has 27 heteroatoms. The molecule has 1 aliphatic carbocycles. The van der Waals surface area contributed by atoms with E-state index in [0.717, 1.165) is 22.3 Å². The number of hydrogen-bond acceptors (Lipinski definition) is 16. The van der Waals surface area contributed by atoms with E-state index in [0.29, 0.717) is 40.9 Å². The first-order valence-corrected chi connectivity index (χ1v) is 29.2. The molecule has 2 aromatic carbocycles. The van der Waals surface area contributed by atoms with Crippen LogP contribution in [-0.4, -0.2) is 138 Å². The second-order valence-electron chi connectivity index (χ2n) is 16.3. The Hall–Kier alpha value is -5.62. The number of aliphatic carboxylic acids is 3. The molecule has 3 heterocycles. The first-order chi connectivity index (χ1) is 34.5. The largest absolute Gasteiger partial charge is 0.481 e. The van der Waals surface area contributed by atoms with Crippen LogP contribution in [0, 0.1) is 11.8 Å². The van der Waals surface area contributed by atoms with Gasteiger partial charge in [-0.25, -0.2) is 19.6 Å². The molecule has 0 bridgehead atoms. The van der Waals surface area contributed by atoms with Gasteiger partial charge in [0.1, 0.15) is 54.9 Å². The Balaban J connectivity index is 1.00. The van der Waals surface area contributed by atoms with Gasteiger partial charge in [0.25, 0.3) is 0 Å². The SMILES string of the molecule is Nc1ncnc2c1c(C#CCNC(=O)CCSSCCCC(NC(=O)OCC1c3ccccc3-c3ccccc31)C(=O)NC(CC(=O)O)C(=O)NC(CC(=O)O)C(=O)O)cn2C1CC(O)C(COP(P)P)O1. The highest BCUT2D eigenvalue weighted by Crippen LogP contribution is 2.54. The van der Waals surface area contributed by atoms with Crippen LogP contribution in [0.5, 0.6) is 0 Å². The van der Waals surface area contributed by atoms with Gasteiger partial charge in [-0.2, -0.15) is 0 Å². The monoisotopic (exact) mass is 1090 g/mol. The van der Waals surface area contributed by atoms with Crippen molar-refractivity contribution in [2.24, 2.45) is 0 Å². The summed E-state index contributed by atoms with van der Waals surface area (Å²) in [4.78, 5) is 95.9. The fourth-order valence-corrected chi connectivity index (χ4v) is 10.9. The average Bonchev–Trinajstić information content (AvgIpc) is 4.01. The summed E-state index contributed by atoms with van der Waals surface area (Å²) < 4.78 is 19.1. The molecule has 2 aromatic heterocycles. The molecule has 0 saturated carbocycles. The van der Waals surface area contributed by atoms with Crippen LogP contribution in [0.4, 0.5) is 10.6 Å². The predicted molar refractivity (Wildman–Crippen MR) is 275 cm³/mol. The van der Waals surface area contributed by atoms with Crippen molar-refractivity contribution in [2.45, 2.75) is 81.0 Å². The molecule has 4 aromatic rings. The van der Waals surface area contributed by atoms with E-state index in [4.69, 9.17) is 24.8 Å². The van der Waals surface area contributed by atoms with Crippen molar-refractivity contribution in [3.8, 4) is 23.0 Å². The van der Waals surface area contributed by atoms with Gasteiger partial charge in [-0.3, -0.25) is 24.0 Å². The standard InChI is InChI=1S/C45H53N8O14P3S2/c46-40-39-24(20-53(41(39)49-23-48-40)36-19-33(54)34(67-36)22-66-70(68)69)7-5-14-47-35(55)13-16-72-71-15-6-12-30(42(60)50-31(17-37(56)57)43(61)51-32(44(62)63)18-38(58)59)52-45(64)65-21-29-27-10-3-1-8-25(27)26-9-2-4-11-28(26)29/h1-4,8-11,20,23,29-34,36,54H,6,12-19,21-22,68-69H2,(H,47,55)(H,50,60)(H,51,61)(H,52,64)(H,56,57)(H,58,59)(H,62,63)(H2,46,48,49). The fraction of sp³-hybridized carbons (Fsp3) is 0.400. The second-order valence-corrected chi connectivity index (χ2v) is 24.8. The fourth-order valence-electron chi connectivity index (χ4n) is 7.94. The summed E-state index contributed by atoms with van der Waals surface area (Å²) >= 11 is 0. The summed E-state index contributed by atoms with van der Waals surface area (Å²) in [5.41, 5.74) is 11.1. The van der Waals surface area contributed by atoms with Gasteiger partial charge in [0, 0.05) is 36.5 Å². The van der Waals surface area contributed by atoms with Crippen LogP contribution in [0.2, 0.25) is 0 Å². The molecule has 8 atom stereocenters. The molecule has 0 radical (unpaired) electrons. The van der Waals surface area contributed by atoms with Gasteiger partial charge in [0.15, 0.2) is 0 Å². The van der Waals surface area contributed by atoms with Crippen molar-refractivity contribution in [3.05, 3.63) is 77.7 Å². The molecule has 8 unspecified atom stereocenters. The number of alkyl carbamates (subject to hydrolysis) is 1. The number of nitrogen functional groups attached to an aromatic ring is 1. The number of aromatic nitrogens is 3. The third-order valence-electron chi connectivity index (χ3n) is 11.3. The lowest BCUT2D eigenvalue weighted by molar-refractivity contribution is -0.148. The van der Waals surface area contributed by atoms with E-state index in [2.05, 4.69) is 55.6 Å². The summed E-state index contributed by atoms with van der Waals surface area (Å²) in [6, 6.07) is 10.3. The van der Waals surface area contributed by atoms with Gasteiger partial charge in [-0.1, -0.05) is 99.8 Å². The van der Waals surface area contributed by atoms with E-state index in [9.17, 15) is 48.9 Å². The third-order valence-corrected chi connectivity index (χ3v) is 15.1. The lowest BCUT2D eigenvalue weighted by Gasteiger charge is -2.23. The Bertz CT molecular complexity index is 2660. The Morgan fingerprint density at radius 2 is 1.51 bits per heavy atom. The summed E-state index contributed by atoms with van der Waals surface area (Å²) in [5.74, 6) is -0.553. The molecule has 0 spiro atoms. The number of amides is 4. The number of nitrogens with one attached hydrogen (secondary N) is 4. The van der Waals surface area contributed by atoms with Crippen LogP contribution in [0.25, 0.3) is 22.2 Å². The van der Waals surface area contributed by atoms with Gasteiger partial charge in [0.05, 0.1) is 50.6 Å². The van der Waals surface area contributed by atoms with Crippen molar-refractivity contribution in [2.75, 3.05) is 37.0 Å². The Kier molecular flexibility index (Phi) is 20.8. The van der Waals surface area contributed by atoms with Gasteiger partial charge >= 0.3 is 24.0 Å². The zero-order valence-electron chi connectivity index (χ0n) is 38.3. The van der Waals surface area contributed by atoms with E-state index in [1.165, 1.54) is 27.9 Å². The quantitative estimate of drug-likeness (QED) is 0.0198. The van der Waals surface area contributed by atoms with Crippen LogP contribution in [0.1, 0.15) is 67.4 Å². The normalized spacial score (nSPS) is 17.1. The smallest absolute Gasteiger partial charge is 0.407 e. The maximum Gasteiger partial charge on any atom is 0.407 e. The Morgan fingerprint density at radius 3 is 2.18 bits per heavy atom. The molecule has 1 saturated heterocycles. The number of nitrogens with zero attached hydrogens (tertiary/aromatic N) is 3. The minimum atomic E-state index is -1.92. The molecular formula is C45H53N8O14P3S2. The number of carbonyl (C=O) groups excluding carboxylic acids is 4. The van der Waals surface area contributed by atoms with Gasteiger partial charge in [0.2, 0.25) is 17.7 Å². The number of anilines is 1. The summed E-state index contributed by atoms with van der Waals surface area (Å²) in [5, 5.41) is 48.7. The van der Waals surface area contributed by atoms with Crippen molar-refractivity contribution < 1.29 is 68.0 Å². The topological polar surface area (TPSA) is 333 Å². The number of fused-ring (bicyclic) bond motifs is 4. The lowest BCUT2D eigenvalue weighted by atomic mass is 9.98. The highest BCUT2D eigenvalue weighted by atomic mass is 33.1. The van der Waals surface area contributed by atoms with Crippen molar-refractivity contribution in [3.63, 3.8) is 0 Å². The lowest BCUT2D eigenvalue weighted by Crippen LogP contribution is -2.56. The highest BCUT2D eigenvalue weighted by molar-refractivity contribution is 8.76. The number of carboxylic acid groups (broad SMARTS) is 3. The number of hydrogen-bond donors (Lipinski definition) is 9. The average molecular weight is 1090 g/mol. The second kappa shape index (κ2) is 26.9. The van der Waals surface area contributed by atoms with Crippen molar-refractivity contribution in [1.82, 2.24) is 35.8 Å². The van der Waals surface area contributed by atoms with Crippen LogP contribution in [0.15, 0.2) is 61.1 Å². The van der Waals surface area contributed by atoms with Gasteiger partial charge < -0.3 is 66.0 Å². The van der Waals surface area contributed by atoms with Gasteiger partial charge in [-0.15, -0.1) is 0 Å². The first-order valence-electron chi connectivity index (χ1n) is 22.3. The highest BCUT2D eigenvalue weighted by Gasteiger charge is 2.37. The molecule has 384 valence electrons. The molecular weight excluding hydrogens is 1030 g/mol. The maximum absolute atomic E-state index is 13.7. The Labute approximate surface area is 426 Å². The molecule has 2 aliphatic rings. The summed E-state index contributed by atoms with van der Waals surface area (Å²) in [6.45, 7) is 0.159. The number of aliphatic hydroxyl groups excluding tert-OH is 1. The minimum Gasteiger partial charge on any atom is -0.481 e. The Morgan fingerprint density at radius 1 is 0.875 bits per heavy atom. The third kappa shape index (κ3) is 15.4. The number of carboxylic acids is 3. The zero-order valence-corrected chi connectivity index (χ0v) is 43.1.